The highest BCUT2D eigenvalue weighted by atomic mass is 31.2. The summed E-state index contributed by atoms with van der Waals surface area (Å²) in [7, 11) is -3.66. The van der Waals surface area contributed by atoms with Crippen molar-refractivity contribution >= 4 is 7.82 Å². The van der Waals surface area contributed by atoms with Gasteiger partial charge in [0.15, 0.2) is 0 Å². The summed E-state index contributed by atoms with van der Waals surface area (Å²) in [6.45, 7) is 3.58. The lowest BCUT2D eigenvalue weighted by molar-refractivity contribution is 0.128. The van der Waals surface area contributed by atoms with E-state index in [4.69, 9.17) is 4.89 Å². The maximum absolute atomic E-state index is 10.5. The molecule has 1 N–H and O–H groups in total. The fourth-order valence-corrected chi connectivity index (χ4v) is 1.81. The van der Waals surface area contributed by atoms with Crippen molar-refractivity contribution in [1.29, 1.82) is 0 Å². The van der Waals surface area contributed by atoms with Gasteiger partial charge in [-0.1, -0.05) is 0 Å². The zero-order valence-electron chi connectivity index (χ0n) is 5.33. The third kappa shape index (κ3) is 1.76. The van der Waals surface area contributed by atoms with E-state index in [1.165, 1.54) is 0 Å². The minimum Gasteiger partial charge on any atom is -0.302 e. The van der Waals surface area contributed by atoms with Crippen molar-refractivity contribution in [3.8, 4) is 0 Å². The standard InChI is InChI=1S/C4H9O4P/c1-4(2)3-7-9(5,6)8-4/h3H2,1-2H3,(H,5,6). The largest absolute Gasteiger partial charge is 0.472 e. The van der Waals surface area contributed by atoms with Crippen LogP contribution in [0.15, 0.2) is 0 Å². The molecule has 5 heteroatoms. The summed E-state index contributed by atoms with van der Waals surface area (Å²) in [6, 6.07) is 0. The van der Waals surface area contributed by atoms with Crippen LogP contribution in [0.2, 0.25) is 0 Å². The molecule has 1 saturated heterocycles. The summed E-state index contributed by atoms with van der Waals surface area (Å²) in [6.07, 6.45) is 0. The highest BCUT2D eigenvalue weighted by Crippen LogP contribution is 2.53. The van der Waals surface area contributed by atoms with E-state index in [0.717, 1.165) is 0 Å². The minimum atomic E-state index is -3.66. The molecule has 1 rings (SSSR count). The maximum Gasteiger partial charge on any atom is 0.472 e. The first-order valence-electron chi connectivity index (χ1n) is 2.59. The van der Waals surface area contributed by atoms with Crippen LogP contribution in [0.4, 0.5) is 0 Å². The first-order valence-corrected chi connectivity index (χ1v) is 4.09. The molecule has 1 unspecified atom stereocenters. The summed E-state index contributed by atoms with van der Waals surface area (Å²) in [4.78, 5) is 8.64. The lowest BCUT2D eigenvalue weighted by atomic mass is 10.2. The van der Waals surface area contributed by atoms with Crippen LogP contribution in [-0.2, 0) is 13.6 Å². The Balaban J connectivity index is 2.69. The molecule has 0 aliphatic carbocycles. The van der Waals surface area contributed by atoms with E-state index >= 15 is 0 Å². The molecule has 0 saturated carbocycles. The van der Waals surface area contributed by atoms with Crippen molar-refractivity contribution in [3.05, 3.63) is 0 Å². The molecule has 1 aliphatic heterocycles. The van der Waals surface area contributed by atoms with E-state index in [1.54, 1.807) is 13.8 Å². The summed E-state index contributed by atoms with van der Waals surface area (Å²) >= 11 is 0. The zero-order valence-corrected chi connectivity index (χ0v) is 6.22. The molecule has 1 fully saturated rings. The van der Waals surface area contributed by atoms with Gasteiger partial charge in [-0.25, -0.2) is 4.57 Å². The number of phosphoric acid groups is 1. The molecule has 0 spiro atoms. The van der Waals surface area contributed by atoms with Crippen molar-refractivity contribution in [2.45, 2.75) is 19.4 Å². The van der Waals surface area contributed by atoms with Gasteiger partial charge in [-0.05, 0) is 13.8 Å². The maximum atomic E-state index is 10.5. The summed E-state index contributed by atoms with van der Waals surface area (Å²) in [5, 5.41) is 0. The zero-order chi connectivity index (χ0) is 7.12. The van der Waals surface area contributed by atoms with Crippen LogP contribution in [0.1, 0.15) is 13.8 Å². The van der Waals surface area contributed by atoms with Gasteiger partial charge in [0.25, 0.3) is 0 Å². The summed E-state index contributed by atoms with van der Waals surface area (Å²) in [5.74, 6) is 0. The fraction of sp³-hybridized carbons (Fsp3) is 1.00. The van der Waals surface area contributed by atoms with Gasteiger partial charge in [0.05, 0.1) is 12.2 Å². The van der Waals surface area contributed by atoms with E-state index < -0.39 is 13.4 Å². The molecular formula is C4H9O4P. The highest BCUT2D eigenvalue weighted by molar-refractivity contribution is 7.47. The van der Waals surface area contributed by atoms with Gasteiger partial charge in [-0.3, -0.25) is 9.05 Å². The molecule has 4 nitrogen and oxygen atoms in total. The van der Waals surface area contributed by atoms with Crippen LogP contribution in [0.3, 0.4) is 0 Å². The normalized spacial score (nSPS) is 41.2. The Morgan fingerprint density at radius 3 is 2.33 bits per heavy atom. The molecule has 9 heavy (non-hydrogen) atoms. The second-order valence-electron chi connectivity index (χ2n) is 2.59. The molecule has 1 aliphatic rings. The van der Waals surface area contributed by atoms with Crippen LogP contribution < -0.4 is 0 Å². The average Bonchev–Trinajstić information content (AvgIpc) is 1.78. The van der Waals surface area contributed by atoms with Gasteiger partial charge in [-0.15, -0.1) is 0 Å². The summed E-state index contributed by atoms with van der Waals surface area (Å²) < 4.78 is 19.6. The van der Waals surface area contributed by atoms with Crippen LogP contribution in [0.25, 0.3) is 0 Å². The van der Waals surface area contributed by atoms with Gasteiger partial charge in [0.2, 0.25) is 0 Å². The van der Waals surface area contributed by atoms with Crippen molar-refractivity contribution < 1.29 is 18.5 Å². The molecule has 54 valence electrons. The van der Waals surface area contributed by atoms with Crippen LogP contribution in [0.5, 0.6) is 0 Å². The van der Waals surface area contributed by atoms with E-state index in [9.17, 15) is 4.57 Å². The Hall–Kier alpha value is 0.110. The van der Waals surface area contributed by atoms with Crippen LogP contribution in [0, 0.1) is 0 Å². The van der Waals surface area contributed by atoms with E-state index in [1.807, 2.05) is 0 Å². The van der Waals surface area contributed by atoms with Gasteiger partial charge < -0.3 is 4.89 Å². The molecule has 1 heterocycles. The number of hydrogen-bond donors (Lipinski definition) is 1. The molecule has 0 radical (unpaired) electrons. The first-order chi connectivity index (χ1) is 3.91. The highest BCUT2D eigenvalue weighted by Gasteiger charge is 2.40. The monoisotopic (exact) mass is 152 g/mol. The predicted octanol–water partition coefficient (Wildman–Crippen LogP) is 0.912. The second-order valence-corrected chi connectivity index (χ2v) is 3.97. The molecule has 0 amide bonds. The quantitative estimate of drug-likeness (QED) is 0.524. The number of phosphoric ester groups is 1. The Bertz CT molecular complexity index is 164. The fourth-order valence-electron chi connectivity index (χ4n) is 0.602. The van der Waals surface area contributed by atoms with Crippen molar-refractivity contribution in [2.24, 2.45) is 0 Å². The Labute approximate surface area is 53.4 Å². The van der Waals surface area contributed by atoms with E-state index in [2.05, 4.69) is 9.05 Å². The smallest absolute Gasteiger partial charge is 0.302 e. The number of hydrogen-bond acceptors (Lipinski definition) is 3. The molecule has 0 bridgehead atoms. The van der Waals surface area contributed by atoms with Gasteiger partial charge in [0, 0.05) is 0 Å². The predicted molar refractivity (Wildman–Crippen MR) is 30.9 cm³/mol. The van der Waals surface area contributed by atoms with Gasteiger partial charge in [-0.2, -0.15) is 0 Å². The lowest BCUT2D eigenvalue weighted by Gasteiger charge is -2.11. The molecule has 0 aromatic heterocycles. The third-order valence-electron chi connectivity index (χ3n) is 0.938. The lowest BCUT2D eigenvalue weighted by Crippen LogP contribution is -2.20. The van der Waals surface area contributed by atoms with Crippen molar-refractivity contribution in [3.63, 3.8) is 0 Å². The van der Waals surface area contributed by atoms with Gasteiger partial charge >= 0.3 is 7.82 Å². The topological polar surface area (TPSA) is 55.8 Å². The molecule has 0 aromatic carbocycles. The first kappa shape index (κ1) is 7.22. The van der Waals surface area contributed by atoms with Crippen molar-refractivity contribution in [1.82, 2.24) is 0 Å². The molecule has 1 atom stereocenters. The SMILES string of the molecule is CC1(C)COP(=O)(O)O1. The Morgan fingerprint density at radius 1 is 1.67 bits per heavy atom. The van der Waals surface area contributed by atoms with Gasteiger partial charge in [0.1, 0.15) is 0 Å². The second kappa shape index (κ2) is 1.80. The number of rotatable bonds is 0. The van der Waals surface area contributed by atoms with Crippen molar-refractivity contribution in [2.75, 3.05) is 6.61 Å². The van der Waals surface area contributed by atoms with Crippen LogP contribution >= 0.6 is 7.82 Å². The van der Waals surface area contributed by atoms with E-state index in [0.29, 0.717) is 0 Å². The molecular weight excluding hydrogens is 143 g/mol. The Morgan fingerprint density at radius 2 is 2.22 bits per heavy atom. The third-order valence-corrected chi connectivity index (χ3v) is 2.12. The van der Waals surface area contributed by atoms with E-state index in [-0.39, 0.29) is 6.61 Å². The summed E-state index contributed by atoms with van der Waals surface area (Å²) in [5.41, 5.74) is -0.607. The Kier molecular flexibility index (Phi) is 1.44. The van der Waals surface area contributed by atoms with Crippen LogP contribution in [-0.4, -0.2) is 17.1 Å². The molecule has 0 aromatic rings. The minimum absolute atomic E-state index is 0.181. The average molecular weight is 152 g/mol.